The quantitative estimate of drug-likeness (QED) is 0.410. The summed E-state index contributed by atoms with van der Waals surface area (Å²) in [6, 6.07) is 0. The van der Waals surface area contributed by atoms with Crippen molar-refractivity contribution in [2.75, 3.05) is 12.4 Å². The number of thiol groups is 1. The van der Waals surface area contributed by atoms with Gasteiger partial charge < -0.3 is 4.74 Å². The Balaban J connectivity index is 3.04. The lowest BCUT2D eigenvalue weighted by molar-refractivity contribution is 0.0331. The molecule has 0 N–H and O–H groups in total. The second-order valence-corrected chi connectivity index (χ2v) is 5.47. The highest BCUT2D eigenvalue weighted by Crippen LogP contribution is 2.09. The molecule has 0 spiro atoms. The molecule has 0 bridgehead atoms. The number of rotatable bonds is 11. The Morgan fingerprint density at radius 2 is 1.31 bits per heavy atom. The first-order chi connectivity index (χ1) is 7.68. The van der Waals surface area contributed by atoms with Crippen LogP contribution in [0.3, 0.4) is 0 Å². The van der Waals surface area contributed by atoms with E-state index in [-0.39, 0.29) is 0 Å². The summed E-state index contributed by atoms with van der Waals surface area (Å²) >= 11 is 4.21. The molecule has 0 radical (unpaired) electrons. The van der Waals surface area contributed by atoms with E-state index in [1.807, 2.05) is 0 Å². The third kappa shape index (κ3) is 10.8. The van der Waals surface area contributed by atoms with Gasteiger partial charge in [0.2, 0.25) is 0 Å². The van der Waals surface area contributed by atoms with Crippen molar-refractivity contribution in [2.24, 2.45) is 5.92 Å². The Morgan fingerprint density at radius 1 is 0.812 bits per heavy atom. The molecule has 0 aromatic carbocycles. The molecule has 0 aliphatic rings. The maximum Gasteiger partial charge on any atom is 0.0569 e. The molecule has 0 aromatic heterocycles. The Hall–Kier alpha value is 0.310. The third-order valence-corrected chi connectivity index (χ3v) is 3.44. The minimum atomic E-state index is 0.412. The largest absolute Gasteiger partial charge is 0.378 e. The topological polar surface area (TPSA) is 9.23 Å². The van der Waals surface area contributed by atoms with Gasteiger partial charge in [-0.25, -0.2) is 0 Å². The van der Waals surface area contributed by atoms with Gasteiger partial charge in [0.1, 0.15) is 0 Å². The van der Waals surface area contributed by atoms with Crippen molar-refractivity contribution in [3.05, 3.63) is 0 Å². The van der Waals surface area contributed by atoms with Gasteiger partial charge in [0.05, 0.1) is 6.10 Å². The molecular weight excluding hydrogens is 216 g/mol. The summed E-state index contributed by atoms with van der Waals surface area (Å²) in [5.74, 6) is 1.68. The van der Waals surface area contributed by atoms with Crippen LogP contribution in [0.2, 0.25) is 0 Å². The summed E-state index contributed by atoms with van der Waals surface area (Å²) in [7, 11) is 0. The van der Waals surface area contributed by atoms with E-state index in [0.717, 1.165) is 12.4 Å². The van der Waals surface area contributed by atoms with E-state index in [9.17, 15) is 0 Å². The summed E-state index contributed by atoms with van der Waals surface area (Å²) < 4.78 is 5.74. The average Bonchev–Trinajstić information content (AvgIpc) is 2.26. The summed E-state index contributed by atoms with van der Waals surface area (Å²) in [6.07, 6.45) is 9.72. The number of hydrogen-bond acceptors (Lipinski definition) is 2. The first kappa shape index (κ1) is 16.3. The van der Waals surface area contributed by atoms with Gasteiger partial charge in [-0.2, -0.15) is 12.6 Å². The predicted molar refractivity (Wildman–Crippen MR) is 76.4 cm³/mol. The standard InChI is InChI=1S/C14H30OS/c1-13(2)14(3)15-11-9-7-5-4-6-8-10-12-16/h13-14,16H,4-12H2,1-3H3. The van der Waals surface area contributed by atoms with Gasteiger partial charge in [-0.1, -0.05) is 46.0 Å². The number of hydrogen-bond donors (Lipinski definition) is 1. The highest BCUT2D eigenvalue weighted by Gasteiger charge is 2.05. The van der Waals surface area contributed by atoms with E-state index in [0.29, 0.717) is 12.0 Å². The first-order valence-corrected chi connectivity index (χ1v) is 7.54. The second kappa shape index (κ2) is 11.8. The van der Waals surface area contributed by atoms with Gasteiger partial charge in [-0.3, -0.25) is 0 Å². The van der Waals surface area contributed by atoms with Gasteiger partial charge in [0.15, 0.2) is 0 Å². The van der Waals surface area contributed by atoms with E-state index in [1.54, 1.807) is 0 Å². The monoisotopic (exact) mass is 246 g/mol. The van der Waals surface area contributed by atoms with Crippen LogP contribution in [-0.2, 0) is 4.74 Å². The molecule has 0 saturated heterocycles. The van der Waals surface area contributed by atoms with Crippen LogP contribution in [0.4, 0.5) is 0 Å². The van der Waals surface area contributed by atoms with Crippen molar-refractivity contribution in [1.29, 1.82) is 0 Å². The van der Waals surface area contributed by atoms with Crippen molar-refractivity contribution < 1.29 is 4.74 Å². The van der Waals surface area contributed by atoms with Crippen molar-refractivity contribution >= 4 is 12.6 Å². The lowest BCUT2D eigenvalue weighted by Crippen LogP contribution is -2.15. The SMILES string of the molecule is CC(C)C(C)OCCCCCCCCCS. The van der Waals surface area contributed by atoms with Crippen molar-refractivity contribution in [3.8, 4) is 0 Å². The van der Waals surface area contributed by atoms with Crippen LogP contribution in [0.5, 0.6) is 0 Å². The van der Waals surface area contributed by atoms with Gasteiger partial charge in [-0.05, 0) is 31.4 Å². The molecule has 0 amide bonds. The lowest BCUT2D eigenvalue weighted by Gasteiger charge is -2.16. The number of unbranched alkanes of at least 4 members (excludes halogenated alkanes) is 6. The zero-order valence-electron chi connectivity index (χ0n) is 11.4. The zero-order chi connectivity index (χ0) is 12.2. The molecule has 0 saturated carbocycles. The molecule has 0 aliphatic carbocycles. The van der Waals surface area contributed by atoms with Crippen LogP contribution in [0.1, 0.15) is 65.7 Å². The smallest absolute Gasteiger partial charge is 0.0569 e. The van der Waals surface area contributed by atoms with E-state index >= 15 is 0 Å². The number of ether oxygens (including phenoxy) is 1. The Bertz CT molecular complexity index is 137. The minimum absolute atomic E-state index is 0.412. The van der Waals surface area contributed by atoms with Gasteiger partial charge in [-0.15, -0.1) is 0 Å². The molecule has 98 valence electrons. The maximum atomic E-state index is 5.74. The molecule has 0 rings (SSSR count). The van der Waals surface area contributed by atoms with Crippen molar-refractivity contribution in [1.82, 2.24) is 0 Å². The van der Waals surface area contributed by atoms with Gasteiger partial charge >= 0.3 is 0 Å². The second-order valence-electron chi connectivity index (χ2n) is 5.02. The highest BCUT2D eigenvalue weighted by molar-refractivity contribution is 7.80. The first-order valence-electron chi connectivity index (χ1n) is 6.91. The van der Waals surface area contributed by atoms with Crippen molar-refractivity contribution in [3.63, 3.8) is 0 Å². The zero-order valence-corrected chi connectivity index (χ0v) is 12.3. The van der Waals surface area contributed by atoms with Gasteiger partial charge in [0, 0.05) is 6.61 Å². The Labute approximate surface area is 108 Å². The minimum Gasteiger partial charge on any atom is -0.378 e. The Morgan fingerprint density at radius 3 is 1.81 bits per heavy atom. The van der Waals surface area contributed by atoms with E-state index in [4.69, 9.17) is 4.74 Å². The van der Waals surface area contributed by atoms with Crippen LogP contribution in [0.25, 0.3) is 0 Å². The fourth-order valence-electron chi connectivity index (χ4n) is 1.56. The van der Waals surface area contributed by atoms with Crippen LogP contribution < -0.4 is 0 Å². The normalized spacial score (nSPS) is 13.3. The maximum absolute atomic E-state index is 5.74. The molecule has 0 heterocycles. The van der Waals surface area contributed by atoms with Gasteiger partial charge in [0.25, 0.3) is 0 Å². The van der Waals surface area contributed by atoms with E-state index in [2.05, 4.69) is 33.4 Å². The average molecular weight is 246 g/mol. The van der Waals surface area contributed by atoms with Crippen molar-refractivity contribution in [2.45, 2.75) is 71.8 Å². The fourth-order valence-corrected chi connectivity index (χ4v) is 1.78. The third-order valence-electron chi connectivity index (χ3n) is 3.12. The molecule has 1 unspecified atom stereocenters. The van der Waals surface area contributed by atoms with Crippen LogP contribution in [-0.4, -0.2) is 18.5 Å². The Kier molecular flexibility index (Phi) is 12.0. The van der Waals surface area contributed by atoms with E-state index < -0.39 is 0 Å². The summed E-state index contributed by atoms with van der Waals surface area (Å²) in [5.41, 5.74) is 0. The molecule has 0 aliphatic heterocycles. The molecule has 1 nitrogen and oxygen atoms in total. The van der Waals surface area contributed by atoms with E-state index in [1.165, 1.54) is 44.9 Å². The highest BCUT2D eigenvalue weighted by atomic mass is 32.1. The molecule has 1 atom stereocenters. The summed E-state index contributed by atoms with van der Waals surface area (Å²) in [5, 5.41) is 0. The molecule has 16 heavy (non-hydrogen) atoms. The summed E-state index contributed by atoms with van der Waals surface area (Å²) in [4.78, 5) is 0. The molecule has 0 aromatic rings. The fraction of sp³-hybridized carbons (Fsp3) is 1.00. The summed E-state index contributed by atoms with van der Waals surface area (Å²) in [6.45, 7) is 7.54. The van der Waals surface area contributed by atoms with Crippen LogP contribution >= 0.6 is 12.6 Å². The molecule has 0 fully saturated rings. The van der Waals surface area contributed by atoms with Crippen LogP contribution in [0, 0.1) is 5.92 Å². The van der Waals surface area contributed by atoms with Crippen LogP contribution in [0.15, 0.2) is 0 Å². The predicted octanol–water partition coefficient (Wildman–Crippen LogP) is 4.71. The molecule has 2 heteroatoms. The molecular formula is C14H30OS. The lowest BCUT2D eigenvalue weighted by atomic mass is 10.1.